The Labute approximate surface area is 143 Å². The van der Waals surface area contributed by atoms with Crippen molar-refractivity contribution in [3.8, 4) is 0 Å². The molecule has 0 atom stereocenters. The van der Waals surface area contributed by atoms with Crippen molar-refractivity contribution in [3.63, 3.8) is 0 Å². The van der Waals surface area contributed by atoms with E-state index in [2.05, 4.69) is 31.3 Å². The van der Waals surface area contributed by atoms with E-state index in [-0.39, 0.29) is 0 Å². The molecule has 0 spiro atoms. The monoisotopic (exact) mass is 333 g/mol. The third-order valence-corrected chi connectivity index (χ3v) is 4.55. The summed E-state index contributed by atoms with van der Waals surface area (Å²) in [6.07, 6.45) is 5.96. The molecule has 24 heavy (non-hydrogen) atoms. The minimum Gasteiger partial charge on any atom is -0.377 e. The highest BCUT2D eigenvalue weighted by Crippen LogP contribution is 2.11. The molecule has 2 aliphatic heterocycles. The van der Waals surface area contributed by atoms with Crippen LogP contribution in [-0.2, 0) is 11.3 Å². The molecular weight excluding hydrogens is 306 g/mol. The molecule has 3 rings (SSSR count). The third-order valence-electron chi connectivity index (χ3n) is 4.55. The summed E-state index contributed by atoms with van der Waals surface area (Å²) in [5.74, 6) is 1.00. The van der Waals surface area contributed by atoms with Crippen LogP contribution in [-0.4, -0.2) is 73.9 Å². The first-order valence-electron chi connectivity index (χ1n) is 8.68. The highest BCUT2D eigenvalue weighted by atomic mass is 16.5. The first-order chi connectivity index (χ1) is 11.8. The first-order valence-corrected chi connectivity index (χ1v) is 8.68. The smallest absolute Gasteiger partial charge is 0.193 e. The number of hydrogen-bond donors (Lipinski definition) is 1. The summed E-state index contributed by atoms with van der Waals surface area (Å²) in [4.78, 5) is 9.16. The molecular formula is C17H27N5O2. The molecule has 1 N–H and O–H groups in total. The quantitative estimate of drug-likeness (QED) is 0.495. The Hall–Kier alpha value is -1.86. The fourth-order valence-corrected chi connectivity index (χ4v) is 3.13. The van der Waals surface area contributed by atoms with Crippen molar-refractivity contribution >= 4 is 5.96 Å². The van der Waals surface area contributed by atoms with E-state index in [9.17, 15) is 0 Å². The number of nitrogens with zero attached hydrogens (tertiary/aromatic N) is 4. The van der Waals surface area contributed by atoms with Gasteiger partial charge in [-0.25, -0.2) is 0 Å². The van der Waals surface area contributed by atoms with Gasteiger partial charge in [0, 0.05) is 52.4 Å². The van der Waals surface area contributed by atoms with Gasteiger partial charge >= 0.3 is 0 Å². The molecule has 0 aliphatic carbocycles. The maximum absolute atomic E-state index is 5.35. The van der Waals surface area contributed by atoms with Gasteiger partial charge in [0.05, 0.1) is 18.9 Å². The average molecular weight is 333 g/mol. The van der Waals surface area contributed by atoms with E-state index >= 15 is 0 Å². The van der Waals surface area contributed by atoms with Gasteiger partial charge in [-0.05, 0) is 12.8 Å². The Kier molecular flexibility index (Phi) is 6.26. The highest BCUT2D eigenvalue weighted by molar-refractivity contribution is 5.80. The van der Waals surface area contributed by atoms with E-state index in [0.717, 1.165) is 77.0 Å². The van der Waals surface area contributed by atoms with E-state index < -0.39 is 0 Å². The van der Waals surface area contributed by atoms with E-state index in [0.29, 0.717) is 0 Å². The number of piperazine rings is 1. The lowest BCUT2D eigenvalue weighted by atomic mass is 10.1. The number of aromatic nitrogens is 1. The molecule has 1 fully saturated rings. The number of ether oxygens (including phenoxy) is 1. The zero-order chi connectivity index (χ0) is 16.6. The summed E-state index contributed by atoms with van der Waals surface area (Å²) in [6, 6.07) is 1.93. The van der Waals surface area contributed by atoms with Crippen LogP contribution >= 0.6 is 0 Å². The SMILES string of the molecule is CN=C(NCCC1=CCOCC1)N1CCN(Cc2ccon2)CC1. The summed E-state index contributed by atoms with van der Waals surface area (Å²) in [5, 5.41) is 7.48. The molecule has 2 aliphatic rings. The van der Waals surface area contributed by atoms with Gasteiger partial charge in [0.2, 0.25) is 0 Å². The van der Waals surface area contributed by atoms with Crippen molar-refractivity contribution in [2.75, 3.05) is 53.0 Å². The van der Waals surface area contributed by atoms with Gasteiger partial charge < -0.3 is 19.5 Å². The summed E-state index contributed by atoms with van der Waals surface area (Å²) in [6.45, 7) is 7.38. The number of hydrogen-bond acceptors (Lipinski definition) is 5. The highest BCUT2D eigenvalue weighted by Gasteiger charge is 2.20. The molecule has 132 valence electrons. The third kappa shape index (κ3) is 4.82. The second-order valence-corrected chi connectivity index (χ2v) is 6.17. The Morgan fingerprint density at radius 1 is 1.33 bits per heavy atom. The molecule has 0 saturated carbocycles. The number of nitrogens with one attached hydrogen (secondary N) is 1. The second-order valence-electron chi connectivity index (χ2n) is 6.17. The fourth-order valence-electron chi connectivity index (χ4n) is 3.13. The van der Waals surface area contributed by atoms with Crippen LogP contribution in [0.2, 0.25) is 0 Å². The van der Waals surface area contributed by atoms with Crippen molar-refractivity contribution < 1.29 is 9.26 Å². The van der Waals surface area contributed by atoms with Crippen LogP contribution in [0, 0.1) is 0 Å². The minimum absolute atomic E-state index is 0.761. The topological polar surface area (TPSA) is 66.1 Å². The lowest BCUT2D eigenvalue weighted by Gasteiger charge is -2.36. The molecule has 1 aromatic rings. The lowest BCUT2D eigenvalue weighted by Crippen LogP contribution is -2.52. The van der Waals surface area contributed by atoms with E-state index in [4.69, 9.17) is 9.26 Å². The standard InChI is InChI=1S/C17H27N5O2/c1-18-17(19-6-2-15-3-11-23-12-4-15)22-9-7-21(8-10-22)14-16-5-13-24-20-16/h3,5,13H,2,4,6-12,14H2,1H3,(H,18,19). The Morgan fingerprint density at radius 2 is 2.21 bits per heavy atom. The predicted octanol–water partition coefficient (Wildman–Crippen LogP) is 1.10. The van der Waals surface area contributed by atoms with Crippen LogP contribution in [0.5, 0.6) is 0 Å². The normalized spacial score (nSPS) is 20.1. The van der Waals surface area contributed by atoms with Crippen LogP contribution in [0.4, 0.5) is 0 Å². The van der Waals surface area contributed by atoms with Crippen molar-refractivity contribution in [3.05, 3.63) is 29.7 Å². The molecule has 0 unspecified atom stereocenters. The van der Waals surface area contributed by atoms with Crippen LogP contribution < -0.4 is 5.32 Å². The first kappa shape index (κ1) is 17.0. The summed E-state index contributed by atoms with van der Waals surface area (Å²) < 4.78 is 10.2. The van der Waals surface area contributed by atoms with E-state index in [1.807, 2.05) is 13.1 Å². The van der Waals surface area contributed by atoms with Crippen LogP contribution in [0.1, 0.15) is 18.5 Å². The molecule has 0 radical (unpaired) electrons. The average Bonchev–Trinajstić information content (AvgIpc) is 3.14. The van der Waals surface area contributed by atoms with Crippen LogP contribution in [0.15, 0.2) is 33.5 Å². The molecule has 7 heteroatoms. The lowest BCUT2D eigenvalue weighted by molar-refractivity contribution is 0.153. The van der Waals surface area contributed by atoms with Gasteiger partial charge in [-0.15, -0.1) is 0 Å². The molecule has 1 saturated heterocycles. The maximum Gasteiger partial charge on any atom is 0.193 e. The summed E-state index contributed by atoms with van der Waals surface area (Å²) in [7, 11) is 1.86. The molecule has 3 heterocycles. The number of rotatable bonds is 5. The van der Waals surface area contributed by atoms with Gasteiger partial charge in [0.1, 0.15) is 6.26 Å². The van der Waals surface area contributed by atoms with E-state index in [1.54, 1.807) is 6.26 Å². The van der Waals surface area contributed by atoms with Crippen molar-refractivity contribution in [2.24, 2.45) is 4.99 Å². The van der Waals surface area contributed by atoms with Crippen molar-refractivity contribution in [2.45, 2.75) is 19.4 Å². The largest absolute Gasteiger partial charge is 0.377 e. The van der Waals surface area contributed by atoms with Gasteiger partial charge in [-0.2, -0.15) is 0 Å². The predicted molar refractivity (Wildman–Crippen MR) is 92.9 cm³/mol. The van der Waals surface area contributed by atoms with Gasteiger partial charge in [-0.1, -0.05) is 16.8 Å². The zero-order valence-electron chi connectivity index (χ0n) is 14.4. The molecule has 1 aromatic heterocycles. The van der Waals surface area contributed by atoms with Crippen molar-refractivity contribution in [1.29, 1.82) is 0 Å². The fraction of sp³-hybridized carbons (Fsp3) is 0.647. The number of guanidine groups is 1. The minimum atomic E-state index is 0.761. The summed E-state index contributed by atoms with van der Waals surface area (Å²) in [5.41, 5.74) is 2.48. The summed E-state index contributed by atoms with van der Waals surface area (Å²) >= 11 is 0. The molecule has 0 aromatic carbocycles. The maximum atomic E-state index is 5.35. The van der Waals surface area contributed by atoms with E-state index in [1.165, 1.54) is 5.57 Å². The Morgan fingerprint density at radius 3 is 2.88 bits per heavy atom. The number of aliphatic imine (C=N–C) groups is 1. The van der Waals surface area contributed by atoms with Gasteiger partial charge in [0.15, 0.2) is 5.96 Å². The zero-order valence-corrected chi connectivity index (χ0v) is 14.4. The molecule has 0 amide bonds. The second kappa shape index (κ2) is 8.84. The Balaban J connectivity index is 1.39. The van der Waals surface area contributed by atoms with Gasteiger partial charge in [0.25, 0.3) is 0 Å². The van der Waals surface area contributed by atoms with Crippen LogP contribution in [0.3, 0.4) is 0 Å². The molecule has 0 bridgehead atoms. The molecule has 7 nitrogen and oxygen atoms in total. The van der Waals surface area contributed by atoms with Crippen LogP contribution in [0.25, 0.3) is 0 Å². The van der Waals surface area contributed by atoms with Gasteiger partial charge in [-0.3, -0.25) is 9.89 Å². The van der Waals surface area contributed by atoms with Crippen molar-refractivity contribution in [1.82, 2.24) is 20.3 Å². The Bertz CT molecular complexity index is 547.